The van der Waals surface area contributed by atoms with E-state index in [1.54, 1.807) is 25.6 Å². The smallest absolute Gasteiger partial charge is 0.123 e. The second-order valence-electron chi connectivity index (χ2n) is 4.28. The van der Waals surface area contributed by atoms with Crippen LogP contribution < -0.4 is 16.0 Å². The van der Waals surface area contributed by atoms with E-state index >= 15 is 0 Å². The minimum absolute atomic E-state index is 0.163. The first kappa shape index (κ1) is 15.1. The fraction of sp³-hybridized carbons (Fsp3) is 0.214. The van der Waals surface area contributed by atoms with Crippen LogP contribution in [0.3, 0.4) is 0 Å². The van der Waals surface area contributed by atoms with Gasteiger partial charge in [0, 0.05) is 23.0 Å². The van der Waals surface area contributed by atoms with Crippen LogP contribution in [0.4, 0.5) is 0 Å². The lowest BCUT2D eigenvalue weighted by Crippen LogP contribution is -2.30. The van der Waals surface area contributed by atoms with Crippen LogP contribution in [0, 0.1) is 0 Å². The number of rotatable bonds is 5. The Balaban J connectivity index is 2.33. The van der Waals surface area contributed by atoms with Crippen LogP contribution in [0.1, 0.15) is 17.2 Å². The Labute approximate surface area is 127 Å². The van der Waals surface area contributed by atoms with Crippen LogP contribution >= 0.6 is 23.2 Å². The molecule has 3 N–H and O–H groups in total. The highest BCUT2D eigenvalue weighted by Gasteiger charge is 2.17. The summed E-state index contributed by atoms with van der Waals surface area (Å²) in [5.41, 5.74) is 4.61. The molecule has 0 spiro atoms. The number of hydrazine groups is 1. The predicted octanol–water partition coefficient (Wildman–Crippen LogP) is 3.14. The molecular formula is C14H15Cl2N3O. The van der Waals surface area contributed by atoms with Gasteiger partial charge in [0.15, 0.2) is 0 Å². The Kier molecular flexibility index (Phi) is 5.20. The molecule has 0 saturated carbocycles. The third-order valence-corrected chi connectivity index (χ3v) is 3.62. The molecule has 0 aliphatic heterocycles. The summed E-state index contributed by atoms with van der Waals surface area (Å²) in [5.74, 6) is 6.39. The summed E-state index contributed by atoms with van der Waals surface area (Å²) in [5, 5.41) is 1.23. The van der Waals surface area contributed by atoms with Crippen molar-refractivity contribution in [2.24, 2.45) is 5.84 Å². The van der Waals surface area contributed by atoms with Gasteiger partial charge in [-0.15, -0.1) is 0 Å². The van der Waals surface area contributed by atoms with E-state index < -0.39 is 0 Å². The molecule has 2 aromatic rings. The zero-order chi connectivity index (χ0) is 14.5. The van der Waals surface area contributed by atoms with Crippen molar-refractivity contribution in [2.75, 3.05) is 7.11 Å². The van der Waals surface area contributed by atoms with Crippen molar-refractivity contribution in [1.82, 2.24) is 10.4 Å². The zero-order valence-corrected chi connectivity index (χ0v) is 12.4. The Morgan fingerprint density at radius 1 is 1.35 bits per heavy atom. The number of halogens is 2. The first-order valence-electron chi connectivity index (χ1n) is 6.03. The second kappa shape index (κ2) is 6.90. The Hall–Kier alpha value is -1.33. The predicted molar refractivity (Wildman–Crippen MR) is 81.0 cm³/mol. The topological polar surface area (TPSA) is 60.2 Å². The van der Waals surface area contributed by atoms with Crippen molar-refractivity contribution < 1.29 is 4.74 Å². The highest BCUT2D eigenvalue weighted by atomic mass is 35.5. The minimum Gasteiger partial charge on any atom is -0.496 e. The quantitative estimate of drug-likeness (QED) is 0.658. The lowest BCUT2D eigenvalue weighted by molar-refractivity contribution is 0.399. The fourth-order valence-electron chi connectivity index (χ4n) is 2.03. The average molecular weight is 312 g/mol. The molecule has 0 aliphatic carbocycles. The van der Waals surface area contributed by atoms with Crippen molar-refractivity contribution in [1.29, 1.82) is 0 Å². The van der Waals surface area contributed by atoms with E-state index in [9.17, 15) is 0 Å². The van der Waals surface area contributed by atoms with Gasteiger partial charge in [0.1, 0.15) is 5.75 Å². The van der Waals surface area contributed by atoms with E-state index in [-0.39, 0.29) is 6.04 Å². The third kappa shape index (κ3) is 3.41. The van der Waals surface area contributed by atoms with Gasteiger partial charge in [-0.05, 0) is 36.2 Å². The molecule has 106 valence electrons. The number of hydrogen-bond donors (Lipinski definition) is 2. The lowest BCUT2D eigenvalue weighted by atomic mass is 9.99. The maximum absolute atomic E-state index is 6.13. The normalized spacial score (nSPS) is 12.2. The number of nitrogens with one attached hydrogen (secondary N) is 1. The van der Waals surface area contributed by atoms with Gasteiger partial charge in [-0.2, -0.15) is 0 Å². The Morgan fingerprint density at radius 2 is 2.15 bits per heavy atom. The van der Waals surface area contributed by atoms with Crippen molar-refractivity contribution in [2.45, 2.75) is 12.5 Å². The SMILES string of the molecule is COc1ccc(Cl)cc1C(Cc1ccncc1Cl)NN. The minimum atomic E-state index is -0.163. The molecular weight excluding hydrogens is 297 g/mol. The van der Waals surface area contributed by atoms with Crippen molar-refractivity contribution in [3.05, 3.63) is 57.8 Å². The molecule has 0 amide bonds. The maximum atomic E-state index is 6.13. The van der Waals surface area contributed by atoms with Crippen LogP contribution in [0.2, 0.25) is 10.0 Å². The van der Waals surface area contributed by atoms with Crippen LogP contribution in [-0.2, 0) is 6.42 Å². The highest BCUT2D eigenvalue weighted by molar-refractivity contribution is 6.31. The standard InChI is InChI=1S/C14H15Cl2N3O/c1-20-14-3-2-10(15)7-11(14)13(19-17)6-9-4-5-18-8-12(9)16/h2-5,7-8,13,19H,6,17H2,1H3. The summed E-state index contributed by atoms with van der Waals surface area (Å²) in [6.45, 7) is 0. The van der Waals surface area contributed by atoms with Crippen molar-refractivity contribution >= 4 is 23.2 Å². The molecule has 1 heterocycles. The summed E-state index contributed by atoms with van der Waals surface area (Å²) in [6.07, 6.45) is 3.91. The summed E-state index contributed by atoms with van der Waals surface area (Å²) < 4.78 is 5.35. The molecule has 1 unspecified atom stereocenters. The molecule has 0 fully saturated rings. The zero-order valence-electron chi connectivity index (χ0n) is 10.9. The second-order valence-corrected chi connectivity index (χ2v) is 5.12. The number of aromatic nitrogens is 1. The number of benzene rings is 1. The largest absolute Gasteiger partial charge is 0.496 e. The molecule has 0 aliphatic rings. The van der Waals surface area contributed by atoms with E-state index in [2.05, 4.69) is 10.4 Å². The van der Waals surface area contributed by atoms with E-state index in [0.717, 1.165) is 16.9 Å². The van der Waals surface area contributed by atoms with Gasteiger partial charge in [0.05, 0.1) is 18.2 Å². The molecule has 0 bridgehead atoms. The number of nitrogens with zero attached hydrogens (tertiary/aromatic N) is 1. The van der Waals surface area contributed by atoms with E-state index in [0.29, 0.717) is 16.5 Å². The van der Waals surface area contributed by atoms with E-state index in [1.807, 2.05) is 18.2 Å². The fourth-order valence-corrected chi connectivity index (χ4v) is 2.40. The van der Waals surface area contributed by atoms with E-state index in [4.69, 9.17) is 33.8 Å². The first-order chi connectivity index (χ1) is 9.65. The van der Waals surface area contributed by atoms with Gasteiger partial charge in [-0.1, -0.05) is 23.2 Å². The van der Waals surface area contributed by atoms with Crippen LogP contribution in [0.15, 0.2) is 36.7 Å². The molecule has 1 atom stereocenters. The number of methoxy groups -OCH3 is 1. The number of nitrogens with two attached hydrogens (primary N) is 1. The highest BCUT2D eigenvalue weighted by Crippen LogP contribution is 2.31. The molecule has 0 saturated heterocycles. The van der Waals surface area contributed by atoms with Crippen molar-refractivity contribution in [3.63, 3.8) is 0 Å². The van der Waals surface area contributed by atoms with Gasteiger partial charge in [-0.3, -0.25) is 16.3 Å². The number of ether oxygens (including phenoxy) is 1. The van der Waals surface area contributed by atoms with Crippen LogP contribution in [0.5, 0.6) is 5.75 Å². The monoisotopic (exact) mass is 311 g/mol. The molecule has 20 heavy (non-hydrogen) atoms. The summed E-state index contributed by atoms with van der Waals surface area (Å²) in [7, 11) is 1.61. The van der Waals surface area contributed by atoms with Crippen LogP contribution in [0.25, 0.3) is 0 Å². The number of pyridine rings is 1. The molecule has 6 heteroatoms. The summed E-state index contributed by atoms with van der Waals surface area (Å²) >= 11 is 12.2. The third-order valence-electron chi connectivity index (χ3n) is 3.05. The summed E-state index contributed by atoms with van der Waals surface area (Å²) in [4.78, 5) is 3.97. The number of hydrogen-bond acceptors (Lipinski definition) is 4. The van der Waals surface area contributed by atoms with Gasteiger partial charge in [-0.25, -0.2) is 0 Å². The first-order valence-corrected chi connectivity index (χ1v) is 6.79. The van der Waals surface area contributed by atoms with Crippen LogP contribution in [-0.4, -0.2) is 12.1 Å². The van der Waals surface area contributed by atoms with Gasteiger partial charge in [0.2, 0.25) is 0 Å². The van der Waals surface area contributed by atoms with Crippen molar-refractivity contribution in [3.8, 4) is 5.75 Å². The van der Waals surface area contributed by atoms with Gasteiger partial charge >= 0.3 is 0 Å². The maximum Gasteiger partial charge on any atom is 0.123 e. The summed E-state index contributed by atoms with van der Waals surface area (Å²) in [6, 6.07) is 7.13. The lowest BCUT2D eigenvalue weighted by Gasteiger charge is -2.20. The van der Waals surface area contributed by atoms with E-state index in [1.165, 1.54) is 0 Å². The molecule has 2 rings (SSSR count). The molecule has 1 aromatic heterocycles. The molecule has 4 nitrogen and oxygen atoms in total. The Morgan fingerprint density at radius 3 is 2.80 bits per heavy atom. The van der Waals surface area contributed by atoms with Gasteiger partial charge in [0.25, 0.3) is 0 Å². The molecule has 0 radical (unpaired) electrons. The Bertz CT molecular complexity index is 592. The molecule has 1 aromatic carbocycles. The average Bonchev–Trinajstić information content (AvgIpc) is 2.46. The van der Waals surface area contributed by atoms with Gasteiger partial charge < -0.3 is 4.74 Å².